The molecule has 0 radical (unpaired) electrons. The molecule has 100 valence electrons. The maximum atomic E-state index is 12.7. The fourth-order valence-electron chi connectivity index (χ4n) is 3.08. The summed E-state index contributed by atoms with van der Waals surface area (Å²) >= 11 is 0. The average Bonchev–Trinajstić information content (AvgIpc) is 2.64. The number of nitrogens with two attached hydrogens (primary N) is 1. The number of ether oxygens (including phenoxy) is 1. The molecule has 4 heteroatoms. The second-order valence-electron chi connectivity index (χ2n) is 5.31. The quantitative estimate of drug-likeness (QED) is 0.787. The molecule has 3 atom stereocenters. The van der Waals surface area contributed by atoms with Crippen molar-refractivity contribution >= 4 is 10.8 Å². The van der Waals surface area contributed by atoms with Gasteiger partial charge in [-0.3, -0.25) is 4.21 Å². The van der Waals surface area contributed by atoms with Crippen LogP contribution in [0.25, 0.3) is 0 Å². The van der Waals surface area contributed by atoms with E-state index in [4.69, 9.17) is 10.5 Å². The third kappa shape index (κ3) is 3.52. The van der Waals surface area contributed by atoms with Gasteiger partial charge < -0.3 is 10.5 Å². The summed E-state index contributed by atoms with van der Waals surface area (Å²) in [6.07, 6.45) is 8.03. The molecule has 1 saturated heterocycles. The van der Waals surface area contributed by atoms with Crippen LogP contribution in [0.15, 0.2) is 0 Å². The van der Waals surface area contributed by atoms with Crippen LogP contribution in [0.5, 0.6) is 0 Å². The monoisotopic (exact) mass is 259 g/mol. The molecule has 17 heavy (non-hydrogen) atoms. The van der Waals surface area contributed by atoms with Gasteiger partial charge in [-0.1, -0.05) is 19.3 Å². The van der Waals surface area contributed by atoms with Crippen LogP contribution in [0.2, 0.25) is 0 Å². The van der Waals surface area contributed by atoms with Gasteiger partial charge in [0.25, 0.3) is 0 Å². The number of rotatable bonds is 3. The van der Waals surface area contributed by atoms with Gasteiger partial charge in [-0.05, 0) is 38.1 Å². The molecule has 1 heterocycles. The summed E-state index contributed by atoms with van der Waals surface area (Å²) in [5.41, 5.74) is 5.87. The van der Waals surface area contributed by atoms with Crippen molar-refractivity contribution in [1.82, 2.24) is 0 Å². The molecular weight excluding hydrogens is 234 g/mol. The molecule has 0 aromatic heterocycles. The maximum Gasteiger partial charge on any atom is 0.0477 e. The van der Waals surface area contributed by atoms with E-state index in [9.17, 15) is 4.21 Å². The predicted molar refractivity (Wildman–Crippen MR) is 71.4 cm³/mol. The molecule has 3 nitrogen and oxygen atoms in total. The molecule has 3 unspecified atom stereocenters. The van der Waals surface area contributed by atoms with E-state index >= 15 is 0 Å². The highest BCUT2D eigenvalue weighted by Crippen LogP contribution is 2.30. The highest BCUT2D eigenvalue weighted by molar-refractivity contribution is 7.86. The van der Waals surface area contributed by atoms with Gasteiger partial charge in [0, 0.05) is 34.5 Å². The molecule has 0 amide bonds. The Morgan fingerprint density at radius 3 is 2.47 bits per heavy atom. The van der Waals surface area contributed by atoms with Crippen molar-refractivity contribution in [1.29, 1.82) is 0 Å². The van der Waals surface area contributed by atoms with Gasteiger partial charge in [0.15, 0.2) is 0 Å². The van der Waals surface area contributed by atoms with Crippen molar-refractivity contribution in [3.8, 4) is 0 Å². The van der Waals surface area contributed by atoms with E-state index in [1.807, 2.05) is 0 Å². The van der Waals surface area contributed by atoms with Crippen LogP contribution in [0, 0.1) is 5.92 Å². The highest BCUT2D eigenvalue weighted by Gasteiger charge is 2.32. The Morgan fingerprint density at radius 1 is 1.06 bits per heavy atom. The zero-order chi connectivity index (χ0) is 12.1. The smallest absolute Gasteiger partial charge is 0.0477 e. The molecule has 1 aliphatic heterocycles. The topological polar surface area (TPSA) is 52.3 Å². The third-order valence-corrected chi connectivity index (χ3v) is 6.53. The maximum absolute atomic E-state index is 12.7. The van der Waals surface area contributed by atoms with Crippen LogP contribution in [0.1, 0.15) is 44.9 Å². The fraction of sp³-hybridized carbons (Fsp3) is 1.00. The van der Waals surface area contributed by atoms with Crippen molar-refractivity contribution in [2.75, 3.05) is 19.8 Å². The highest BCUT2D eigenvalue weighted by atomic mass is 32.2. The Kier molecular flexibility index (Phi) is 5.45. The first kappa shape index (κ1) is 13.5. The van der Waals surface area contributed by atoms with E-state index in [1.165, 1.54) is 25.7 Å². The summed E-state index contributed by atoms with van der Waals surface area (Å²) in [6, 6.07) is 0. The van der Waals surface area contributed by atoms with Crippen molar-refractivity contribution in [2.45, 2.75) is 55.4 Å². The first-order valence-electron chi connectivity index (χ1n) is 7.00. The van der Waals surface area contributed by atoms with Crippen LogP contribution in [0.4, 0.5) is 0 Å². The van der Waals surface area contributed by atoms with Crippen LogP contribution in [-0.2, 0) is 15.5 Å². The molecular formula is C13H25NO2S. The number of hydrogen-bond donors (Lipinski definition) is 1. The molecule has 2 rings (SSSR count). The summed E-state index contributed by atoms with van der Waals surface area (Å²) in [5.74, 6) is 0.487. The van der Waals surface area contributed by atoms with Crippen LogP contribution in [-0.4, -0.2) is 34.5 Å². The van der Waals surface area contributed by atoms with Crippen molar-refractivity contribution in [3.63, 3.8) is 0 Å². The summed E-state index contributed by atoms with van der Waals surface area (Å²) < 4.78 is 18.0. The lowest BCUT2D eigenvalue weighted by molar-refractivity contribution is 0.0989. The Hall–Kier alpha value is 0.0700. The first-order valence-corrected chi connectivity index (χ1v) is 8.27. The van der Waals surface area contributed by atoms with E-state index < -0.39 is 10.8 Å². The standard InChI is InChI=1S/C13H25NO2S/c14-10-11-4-2-1-3-5-13(11)17(15)12-6-8-16-9-7-12/h11-13H,1-10,14H2. The molecule has 1 aliphatic carbocycles. The van der Waals surface area contributed by atoms with Gasteiger partial charge in [-0.15, -0.1) is 0 Å². The van der Waals surface area contributed by atoms with Crippen LogP contribution >= 0.6 is 0 Å². The third-order valence-electron chi connectivity index (χ3n) is 4.19. The fourth-order valence-corrected chi connectivity index (χ4v) is 5.26. The lowest BCUT2D eigenvalue weighted by Gasteiger charge is -2.29. The van der Waals surface area contributed by atoms with Crippen molar-refractivity contribution in [2.24, 2.45) is 11.7 Å². The molecule has 0 spiro atoms. The molecule has 2 fully saturated rings. The largest absolute Gasteiger partial charge is 0.381 e. The number of hydrogen-bond acceptors (Lipinski definition) is 3. The molecule has 0 aromatic carbocycles. The molecule has 1 saturated carbocycles. The zero-order valence-corrected chi connectivity index (χ0v) is 11.4. The van der Waals surface area contributed by atoms with Gasteiger partial charge in [-0.25, -0.2) is 0 Å². The lowest BCUT2D eigenvalue weighted by Crippen LogP contribution is -2.37. The van der Waals surface area contributed by atoms with Gasteiger partial charge in [0.05, 0.1) is 0 Å². The second kappa shape index (κ2) is 6.86. The minimum Gasteiger partial charge on any atom is -0.381 e. The van der Waals surface area contributed by atoms with Crippen molar-refractivity contribution < 1.29 is 8.95 Å². The van der Waals surface area contributed by atoms with E-state index in [-0.39, 0.29) is 0 Å². The lowest BCUT2D eigenvalue weighted by atomic mass is 10.0. The Morgan fingerprint density at radius 2 is 1.76 bits per heavy atom. The van der Waals surface area contributed by atoms with Gasteiger partial charge >= 0.3 is 0 Å². The molecule has 0 aromatic rings. The van der Waals surface area contributed by atoms with E-state index in [2.05, 4.69) is 0 Å². The minimum absolute atomic E-state index is 0.352. The van der Waals surface area contributed by atoms with Gasteiger partial charge in [0.1, 0.15) is 0 Å². The summed E-state index contributed by atoms with van der Waals surface area (Å²) in [5, 5.41) is 0.714. The summed E-state index contributed by atoms with van der Waals surface area (Å²) in [7, 11) is -0.694. The zero-order valence-electron chi connectivity index (χ0n) is 10.6. The Balaban J connectivity index is 1.98. The summed E-state index contributed by atoms with van der Waals surface area (Å²) in [6.45, 7) is 2.28. The predicted octanol–water partition coefficient (Wildman–Crippen LogP) is 1.82. The van der Waals surface area contributed by atoms with Crippen molar-refractivity contribution in [3.05, 3.63) is 0 Å². The van der Waals surface area contributed by atoms with E-state index in [1.54, 1.807) is 0 Å². The van der Waals surface area contributed by atoms with E-state index in [0.29, 0.717) is 23.0 Å². The SMILES string of the molecule is NCC1CCCCCC1S(=O)C1CCOCC1. The first-order chi connectivity index (χ1) is 8.33. The molecule has 2 N–H and O–H groups in total. The normalized spacial score (nSPS) is 34.2. The van der Waals surface area contributed by atoms with Crippen LogP contribution in [0.3, 0.4) is 0 Å². The van der Waals surface area contributed by atoms with Gasteiger partial charge in [-0.2, -0.15) is 0 Å². The van der Waals surface area contributed by atoms with E-state index in [0.717, 1.165) is 32.5 Å². The second-order valence-corrected chi connectivity index (χ2v) is 7.24. The average molecular weight is 259 g/mol. The minimum atomic E-state index is -0.694. The molecule has 2 aliphatic rings. The van der Waals surface area contributed by atoms with Gasteiger partial charge in [0.2, 0.25) is 0 Å². The van der Waals surface area contributed by atoms with Crippen LogP contribution < -0.4 is 5.73 Å². The molecule has 0 bridgehead atoms. The summed E-state index contributed by atoms with van der Waals surface area (Å²) in [4.78, 5) is 0. The Labute approximate surface area is 107 Å². The Bertz CT molecular complexity index is 254.